The summed E-state index contributed by atoms with van der Waals surface area (Å²) in [5, 5.41) is 14.9. The van der Waals surface area contributed by atoms with E-state index in [1.165, 1.54) is 18.7 Å². The maximum atomic E-state index is 13.2. The fourth-order valence-corrected chi connectivity index (χ4v) is 5.25. The Bertz CT molecular complexity index is 1090. The average Bonchev–Trinajstić information content (AvgIpc) is 3.64. The van der Waals surface area contributed by atoms with Gasteiger partial charge in [-0.2, -0.15) is 13.2 Å². The van der Waals surface area contributed by atoms with Crippen molar-refractivity contribution < 1.29 is 27.9 Å². The minimum Gasteiger partial charge on any atom is -0.481 e. The molecule has 0 bridgehead atoms. The number of carbonyl (C=O) groups is 2. The van der Waals surface area contributed by atoms with Crippen molar-refractivity contribution in [1.82, 2.24) is 9.97 Å². The Labute approximate surface area is 213 Å². The van der Waals surface area contributed by atoms with E-state index in [1.807, 2.05) is 17.0 Å². The van der Waals surface area contributed by atoms with E-state index in [0.29, 0.717) is 23.5 Å². The highest BCUT2D eigenvalue weighted by Gasteiger charge is 2.44. The number of carboxylic acid groups (broad SMARTS) is 1. The van der Waals surface area contributed by atoms with Gasteiger partial charge in [-0.15, -0.1) is 0 Å². The van der Waals surface area contributed by atoms with Crippen LogP contribution < -0.4 is 15.5 Å². The summed E-state index contributed by atoms with van der Waals surface area (Å²) in [7, 11) is 0. The second kappa shape index (κ2) is 11.4. The first-order chi connectivity index (χ1) is 17.6. The molecule has 37 heavy (non-hydrogen) atoms. The number of amides is 2. The van der Waals surface area contributed by atoms with Crippen LogP contribution >= 0.6 is 0 Å². The second-order valence-corrected chi connectivity index (χ2v) is 10.1. The van der Waals surface area contributed by atoms with Gasteiger partial charge in [-0.1, -0.05) is 32.3 Å². The molecule has 3 atom stereocenters. The van der Waals surface area contributed by atoms with Crippen LogP contribution in [0.15, 0.2) is 36.9 Å². The fourth-order valence-electron chi connectivity index (χ4n) is 5.25. The van der Waals surface area contributed by atoms with Crippen LogP contribution in [0.3, 0.4) is 0 Å². The molecule has 2 saturated carbocycles. The summed E-state index contributed by atoms with van der Waals surface area (Å²) in [6, 6.07) is 4.90. The van der Waals surface area contributed by atoms with Crippen molar-refractivity contribution in [2.75, 3.05) is 22.1 Å². The van der Waals surface area contributed by atoms with Gasteiger partial charge >= 0.3 is 18.2 Å². The first-order valence-corrected chi connectivity index (χ1v) is 12.6. The van der Waals surface area contributed by atoms with Crippen LogP contribution in [-0.2, 0) is 4.79 Å². The second-order valence-electron chi connectivity index (χ2n) is 10.1. The summed E-state index contributed by atoms with van der Waals surface area (Å²) in [6.07, 6.45) is 4.36. The van der Waals surface area contributed by atoms with Crippen LogP contribution in [0.4, 0.5) is 35.0 Å². The van der Waals surface area contributed by atoms with E-state index in [4.69, 9.17) is 0 Å². The zero-order valence-electron chi connectivity index (χ0n) is 20.7. The molecule has 2 aliphatic rings. The largest absolute Gasteiger partial charge is 0.481 e. The van der Waals surface area contributed by atoms with Crippen LogP contribution in [-0.4, -0.2) is 45.8 Å². The lowest BCUT2D eigenvalue weighted by Crippen LogP contribution is -2.41. The Morgan fingerprint density at radius 2 is 1.84 bits per heavy atom. The van der Waals surface area contributed by atoms with E-state index in [9.17, 15) is 27.9 Å². The highest BCUT2D eigenvalue weighted by molar-refractivity contribution is 6.01. The lowest BCUT2D eigenvalue weighted by Gasteiger charge is -2.39. The van der Waals surface area contributed by atoms with Gasteiger partial charge in [0.1, 0.15) is 6.33 Å². The van der Waals surface area contributed by atoms with Gasteiger partial charge in [-0.3, -0.25) is 4.79 Å². The van der Waals surface area contributed by atoms with Crippen molar-refractivity contribution in [3.8, 4) is 0 Å². The van der Waals surface area contributed by atoms with Gasteiger partial charge in [0.25, 0.3) is 0 Å². The molecule has 0 saturated heterocycles. The number of carboxylic acids is 1. The van der Waals surface area contributed by atoms with Crippen LogP contribution in [0, 0.1) is 11.8 Å². The molecule has 1 aromatic carbocycles. The van der Waals surface area contributed by atoms with Crippen LogP contribution in [0.25, 0.3) is 0 Å². The number of hydrogen-bond donors (Lipinski definition) is 3. The minimum absolute atomic E-state index is 0.0501. The first-order valence-electron chi connectivity index (χ1n) is 12.6. The number of halogens is 3. The first kappa shape index (κ1) is 26.7. The van der Waals surface area contributed by atoms with Gasteiger partial charge < -0.3 is 20.6 Å². The van der Waals surface area contributed by atoms with Gasteiger partial charge in [-0.05, 0) is 48.8 Å². The van der Waals surface area contributed by atoms with Crippen LogP contribution in [0.2, 0.25) is 0 Å². The standard InChI is InChI=1S/C26H32F3N5O3/c1-16(11-26(27,28)29)14-34(19-5-3-2-4-6-19)23-8-7-17(20-10-21(20)24(35)36)9-22(23)33-25(37)32-18-12-30-15-31-13-18/h7-9,12-13,15-16,19-21H,2-6,10-11,14H2,1H3,(H,35,36)(H2,32,33,37)/t16?,20-,21-/m0/s1. The number of urea groups is 1. The molecule has 11 heteroatoms. The Morgan fingerprint density at radius 3 is 2.46 bits per heavy atom. The highest BCUT2D eigenvalue weighted by Crippen LogP contribution is 2.49. The van der Waals surface area contributed by atoms with Gasteiger partial charge in [0.2, 0.25) is 0 Å². The smallest absolute Gasteiger partial charge is 0.389 e. The summed E-state index contributed by atoms with van der Waals surface area (Å²) < 4.78 is 39.5. The van der Waals surface area contributed by atoms with E-state index >= 15 is 0 Å². The van der Waals surface area contributed by atoms with Crippen molar-refractivity contribution in [3.63, 3.8) is 0 Å². The molecule has 2 fully saturated rings. The molecule has 2 aromatic rings. The van der Waals surface area contributed by atoms with E-state index in [2.05, 4.69) is 20.6 Å². The van der Waals surface area contributed by atoms with Crippen molar-refractivity contribution in [2.45, 2.75) is 70.0 Å². The van der Waals surface area contributed by atoms with Crippen LogP contribution in [0.5, 0.6) is 0 Å². The summed E-state index contributed by atoms with van der Waals surface area (Å²) in [5.41, 5.74) is 2.24. The van der Waals surface area contributed by atoms with Gasteiger partial charge in [0, 0.05) is 19.0 Å². The maximum Gasteiger partial charge on any atom is 0.389 e. The summed E-state index contributed by atoms with van der Waals surface area (Å²) in [6.45, 7) is 1.78. The Balaban J connectivity index is 1.65. The van der Waals surface area contributed by atoms with Gasteiger partial charge in [0.15, 0.2) is 0 Å². The number of nitrogens with zero attached hydrogens (tertiary/aromatic N) is 3. The van der Waals surface area contributed by atoms with Crippen molar-refractivity contribution in [3.05, 3.63) is 42.5 Å². The third-order valence-corrected chi connectivity index (χ3v) is 7.04. The number of rotatable bonds is 9. The summed E-state index contributed by atoms with van der Waals surface area (Å²) >= 11 is 0. The molecule has 1 unspecified atom stereocenters. The quantitative estimate of drug-likeness (QED) is 0.373. The zero-order chi connectivity index (χ0) is 26.6. The zero-order valence-corrected chi connectivity index (χ0v) is 20.7. The van der Waals surface area contributed by atoms with Crippen molar-refractivity contribution in [2.24, 2.45) is 11.8 Å². The summed E-state index contributed by atoms with van der Waals surface area (Å²) in [5.74, 6) is -2.15. The topological polar surface area (TPSA) is 107 Å². The van der Waals surface area contributed by atoms with Crippen molar-refractivity contribution >= 4 is 29.1 Å². The number of aliphatic carboxylic acids is 1. The molecule has 2 aliphatic carbocycles. The molecule has 4 rings (SSSR count). The number of benzene rings is 1. The molecule has 2 amide bonds. The third-order valence-electron chi connectivity index (χ3n) is 7.04. The Hall–Kier alpha value is -3.37. The monoisotopic (exact) mass is 519 g/mol. The number of nitrogens with one attached hydrogen (secondary N) is 2. The molecule has 0 aliphatic heterocycles. The Kier molecular flexibility index (Phi) is 8.19. The Morgan fingerprint density at radius 1 is 1.14 bits per heavy atom. The lowest BCUT2D eigenvalue weighted by molar-refractivity contribution is -0.142. The molecule has 1 aromatic heterocycles. The third kappa shape index (κ3) is 7.33. The summed E-state index contributed by atoms with van der Waals surface area (Å²) in [4.78, 5) is 34.1. The molecular formula is C26H32F3N5O3. The van der Waals surface area contributed by atoms with E-state index in [-0.39, 0.29) is 18.5 Å². The maximum absolute atomic E-state index is 13.2. The van der Waals surface area contributed by atoms with E-state index in [0.717, 1.165) is 37.7 Å². The normalized spacial score (nSPS) is 20.6. The molecular weight excluding hydrogens is 487 g/mol. The number of alkyl halides is 3. The molecule has 200 valence electrons. The number of hydrogen-bond acceptors (Lipinski definition) is 5. The SMILES string of the molecule is CC(CN(c1ccc([C@@H]2C[C@@H]2C(=O)O)cc1NC(=O)Nc1cncnc1)C1CCCCC1)CC(F)(F)F. The molecule has 1 heterocycles. The molecule has 0 radical (unpaired) electrons. The number of anilines is 3. The fraction of sp³-hybridized carbons (Fsp3) is 0.538. The number of carbonyl (C=O) groups excluding carboxylic acids is 1. The van der Waals surface area contributed by atoms with E-state index < -0.39 is 36.4 Å². The van der Waals surface area contributed by atoms with Crippen molar-refractivity contribution in [1.29, 1.82) is 0 Å². The predicted octanol–water partition coefficient (Wildman–Crippen LogP) is 6.04. The minimum atomic E-state index is -4.27. The lowest BCUT2D eigenvalue weighted by atomic mass is 9.92. The van der Waals surface area contributed by atoms with Gasteiger partial charge in [-0.25, -0.2) is 14.8 Å². The van der Waals surface area contributed by atoms with Gasteiger partial charge in [0.05, 0.1) is 35.4 Å². The molecule has 0 spiro atoms. The molecule has 8 nitrogen and oxygen atoms in total. The average molecular weight is 520 g/mol. The highest BCUT2D eigenvalue weighted by atomic mass is 19.4. The van der Waals surface area contributed by atoms with Crippen LogP contribution in [0.1, 0.15) is 63.4 Å². The molecule has 3 N–H and O–H groups in total. The predicted molar refractivity (Wildman–Crippen MR) is 134 cm³/mol. The van der Waals surface area contributed by atoms with E-state index in [1.54, 1.807) is 13.0 Å². The number of aromatic nitrogens is 2.